The first-order chi connectivity index (χ1) is 9.86. The number of nitrogens with zero attached hydrogens (tertiary/aromatic N) is 2. The molecule has 1 aromatic heterocycles. The predicted molar refractivity (Wildman–Crippen MR) is 82.0 cm³/mol. The van der Waals surface area contributed by atoms with Crippen molar-refractivity contribution < 1.29 is 0 Å². The Bertz CT molecular complexity index is 554. The Morgan fingerprint density at radius 3 is 2.65 bits per heavy atom. The van der Waals surface area contributed by atoms with Gasteiger partial charge in [0.1, 0.15) is 0 Å². The van der Waals surface area contributed by atoms with Gasteiger partial charge in [0.2, 0.25) is 0 Å². The largest absolute Gasteiger partial charge is 0.330 e. The second-order valence-electron chi connectivity index (χ2n) is 5.64. The van der Waals surface area contributed by atoms with Crippen molar-refractivity contribution >= 4 is 0 Å². The molecule has 0 fully saturated rings. The van der Waals surface area contributed by atoms with Crippen LogP contribution in [0.2, 0.25) is 0 Å². The molecule has 0 atom stereocenters. The summed E-state index contributed by atoms with van der Waals surface area (Å²) in [4.78, 5) is 4.57. The lowest BCUT2D eigenvalue weighted by Gasteiger charge is -2.14. The second-order valence-corrected chi connectivity index (χ2v) is 5.64. The molecule has 3 rings (SSSR count). The zero-order valence-electron chi connectivity index (χ0n) is 12.2. The number of rotatable bonds is 5. The van der Waals surface area contributed by atoms with Gasteiger partial charge in [0.05, 0.1) is 12.0 Å². The van der Waals surface area contributed by atoms with Crippen LogP contribution in [0, 0.1) is 0 Å². The zero-order chi connectivity index (χ0) is 13.8. The van der Waals surface area contributed by atoms with Crippen molar-refractivity contribution in [1.82, 2.24) is 14.9 Å². The van der Waals surface area contributed by atoms with E-state index in [9.17, 15) is 0 Å². The van der Waals surface area contributed by atoms with E-state index in [-0.39, 0.29) is 0 Å². The van der Waals surface area contributed by atoms with Crippen LogP contribution in [0.4, 0.5) is 0 Å². The molecule has 0 unspecified atom stereocenters. The highest BCUT2D eigenvalue weighted by atomic mass is 15.1. The zero-order valence-corrected chi connectivity index (χ0v) is 12.2. The number of benzene rings is 1. The number of imidazole rings is 1. The van der Waals surface area contributed by atoms with Gasteiger partial charge in [-0.25, -0.2) is 4.98 Å². The first-order valence-electron chi connectivity index (χ1n) is 7.62. The lowest BCUT2D eigenvalue weighted by molar-refractivity contribution is 0.628. The molecule has 3 nitrogen and oxygen atoms in total. The molecule has 1 N–H and O–H groups in total. The predicted octanol–water partition coefficient (Wildman–Crippen LogP) is 2.57. The summed E-state index contributed by atoms with van der Waals surface area (Å²) in [5.74, 6) is 0. The van der Waals surface area contributed by atoms with E-state index in [1.807, 2.05) is 13.4 Å². The fourth-order valence-corrected chi connectivity index (χ4v) is 2.94. The van der Waals surface area contributed by atoms with Crippen LogP contribution in [0.3, 0.4) is 0 Å². The van der Waals surface area contributed by atoms with Crippen LogP contribution < -0.4 is 5.32 Å². The quantitative estimate of drug-likeness (QED) is 0.904. The number of aromatic nitrogens is 2. The molecule has 0 radical (unpaired) electrons. The molecule has 1 aliphatic carbocycles. The van der Waals surface area contributed by atoms with Gasteiger partial charge in [0.25, 0.3) is 0 Å². The van der Waals surface area contributed by atoms with Gasteiger partial charge >= 0.3 is 0 Å². The van der Waals surface area contributed by atoms with E-state index in [0.29, 0.717) is 0 Å². The van der Waals surface area contributed by atoms with Crippen LogP contribution in [0.25, 0.3) is 0 Å². The van der Waals surface area contributed by atoms with Gasteiger partial charge < -0.3 is 9.88 Å². The topological polar surface area (TPSA) is 29.9 Å². The Balaban J connectivity index is 1.70. The summed E-state index contributed by atoms with van der Waals surface area (Å²) >= 11 is 0. The van der Waals surface area contributed by atoms with E-state index in [1.54, 1.807) is 0 Å². The van der Waals surface area contributed by atoms with Gasteiger partial charge in [-0.05, 0) is 56.8 Å². The van der Waals surface area contributed by atoms with Gasteiger partial charge in [-0.3, -0.25) is 0 Å². The van der Waals surface area contributed by atoms with Crippen molar-refractivity contribution in [2.45, 2.75) is 38.6 Å². The highest BCUT2D eigenvalue weighted by molar-refractivity contribution is 5.25. The second kappa shape index (κ2) is 6.23. The van der Waals surface area contributed by atoms with Crippen molar-refractivity contribution in [2.75, 3.05) is 13.6 Å². The van der Waals surface area contributed by atoms with Gasteiger partial charge in [-0.15, -0.1) is 0 Å². The first-order valence-corrected chi connectivity index (χ1v) is 7.62. The molecule has 0 aliphatic heterocycles. The summed E-state index contributed by atoms with van der Waals surface area (Å²) < 4.78 is 2.33. The molecule has 0 bridgehead atoms. The van der Waals surface area contributed by atoms with Crippen molar-refractivity contribution in [2.24, 2.45) is 0 Å². The summed E-state index contributed by atoms with van der Waals surface area (Å²) in [5.41, 5.74) is 5.54. The standard InChI is InChI=1S/C17H23N3/c1-18-11-10-14-6-8-15(9-7-14)12-20-13-19-16-4-2-3-5-17(16)20/h6-9,13,18H,2-5,10-12H2,1H3. The molecule has 106 valence electrons. The highest BCUT2D eigenvalue weighted by Crippen LogP contribution is 2.20. The molecule has 1 aliphatic rings. The fraction of sp³-hybridized carbons (Fsp3) is 0.471. The number of nitrogens with one attached hydrogen (secondary N) is 1. The summed E-state index contributed by atoms with van der Waals surface area (Å²) in [5, 5.41) is 3.19. The van der Waals surface area contributed by atoms with Crippen molar-refractivity contribution in [1.29, 1.82) is 0 Å². The van der Waals surface area contributed by atoms with Gasteiger partial charge in [0.15, 0.2) is 0 Å². The normalized spacial score (nSPS) is 14.2. The molecule has 0 saturated heterocycles. The SMILES string of the molecule is CNCCc1ccc(Cn2cnc3c2CCCC3)cc1. The van der Waals surface area contributed by atoms with Crippen LogP contribution in [0.1, 0.15) is 35.4 Å². The minimum Gasteiger partial charge on any atom is -0.330 e. The van der Waals surface area contributed by atoms with E-state index in [1.165, 1.54) is 41.8 Å². The third kappa shape index (κ3) is 2.93. The minimum atomic E-state index is 0.953. The molecule has 20 heavy (non-hydrogen) atoms. The number of aryl methyl sites for hydroxylation is 1. The molecular formula is C17H23N3. The minimum absolute atomic E-state index is 0.953. The number of hydrogen-bond donors (Lipinski definition) is 1. The van der Waals surface area contributed by atoms with E-state index < -0.39 is 0 Å². The summed E-state index contributed by atoms with van der Waals surface area (Å²) in [6, 6.07) is 8.99. The van der Waals surface area contributed by atoms with Gasteiger partial charge in [0, 0.05) is 12.2 Å². The van der Waals surface area contributed by atoms with E-state index in [0.717, 1.165) is 25.9 Å². The third-order valence-corrected chi connectivity index (χ3v) is 4.15. The highest BCUT2D eigenvalue weighted by Gasteiger charge is 2.14. The van der Waals surface area contributed by atoms with Crippen molar-refractivity contribution in [3.8, 4) is 0 Å². The first kappa shape index (κ1) is 13.4. The molecule has 3 heteroatoms. The number of hydrogen-bond acceptors (Lipinski definition) is 2. The third-order valence-electron chi connectivity index (χ3n) is 4.15. The average molecular weight is 269 g/mol. The van der Waals surface area contributed by atoms with Crippen molar-refractivity contribution in [3.05, 3.63) is 53.1 Å². The Kier molecular flexibility index (Phi) is 4.16. The van der Waals surface area contributed by atoms with Crippen LogP contribution in [0.15, 0.2) is 30.6 Å². The van der Waals surface area contributed by atoms with Gasteiger partial charge in [-0.2, -0.15) is 0 Å². The van der Waals surface area contributed by atoms with Gasteiger partial charge in [-0.1, -0.05) is 24.3 Å². The lowest BCUT2D eigenvalue weighted by Crippen LogP contribution is -2.10. The molecule has 0 spiro atoms. The maximum absolute atomic E-state index is 4.57. The number of fused-ring (bicyclic) bond motifs is 1. The molecule has 2 aromatic rings. The molecule has 0 amide bonds. The van der Waals surface area contributed by atoms with E-state index in [2.05, 4.69) is 39.1 Å². The monoisotopic (exact) mass is 269 g/mol. The molecule has 1 heterocycles. The van der Waals surface area contributed by atoms with Crippen LogP contribution >= 0.6 is 0 Å². The maximum atomic E-state index is 4.57. The van der Waals surface area contributed by atoms with Crippen LogP contribution in [-0.2, 0) is 25.8 Å². The smallest absolute Gasteiger partial charge is 0.0954 e. The molecular weight excluding hydrogens is 246 g/mol. The molecule has 1 aromatic carbocycles. The Morgan fingerprint density at radius 2 is 1.85 bits per heavy atom. The van der Waals surface area contributed by atoms with E-state index >= 15 is 0 Å². The molecule has 0 saturated carbocycles. The maximum Gasteiger partial charge on any atom is 0.0954 e. The van der Waals surface area contributed by atoms with E-state index in [4.69, 9.17) is 0 Å². The average Bonchev–Trinajstić information content (AvgIpc) is 2.90. The number of likely N-dealkylation sites (N-methyl/N-ethyl adjacent to an activating group) is 1. The summed E-state index contributed by atoms with van der Waals surface area (Å²) in [6.45, 7) is 1.99. The van der Waals surface area contributed by atoms with Crippen LogP contribution in [0.5, 0.6) is 0 Å². The lowest BCUT2D eigenvalue weighted by atomic mass is 10.0. The van der Waals surface area contributed by atoms with Crippen molar-refractivity contribution in [3.63, 3.8) is 0 Å². The Morgan fingerprint density at radius 1 is 1.10 bits per heavy atom. The van der Waals surface area contributed by atoms with Crippen LogP contribution in [-0.4, -0.2) is 23.1 Å². The summed E-state index contributed by atoms with van der Waals surface area (Å²) in [7, 11) is 2.00. The Hall–Kier alpha value is -1.61. The Labute approximate surface area is 121 Å². The fourth-order valence-electron chi connectivity index (χ4n) is 2.94. The summed E-state index contributed by atoms with van der Waals surface area (Å²) in [6.07, 6.45) is 8.06.